The Hall–Kier alpha value is -2.72. The number of fused-ring (bicyclic) bond motifs is 1. The second kappa shape index (κ2) is 9.03. The molecule has 32 heavy (non-hydrogen) atoms. The highest BCUT2D eigenvalue weighted by atomic mass is 32.2. The standard InChI is InChI=1S/C22H24N2O6S2/c1-28-16-6-4-5-15(11-16)24-17-12-32(26,27)13-20(17)31-22(24)23-21(25)10-14-7-8-18(29-2)19(9-14)30-3/h4-9,11,17,20H,10,12-13H2,1-3H3/t17-,20+/m0/s1. The summed E-state index contributed by atoms with van der Waals surface area (Å²) in [6, 6.07) is 12.4. The summed E-state index contributed by atoms with van der Waals surface area (Å²) in [6.45, 7) is 0. The van der Waals surface area contributed by atoms with Crippen LogP contribution in [-0.4, -0.2) is 63.6 Å². The third-order valence-electron chi connectivity index (χ3n) is 5.42. The fourth-order valence-corrected chi connectivity index (χ4v) is 7.87. The monoisotopic (exact) mass is 476 g/mol. The number of hydrogen-bond acceptors (Lipinski definition) is 7. The molecule has 2 aliphatic rings. The van der Waals surface area contributed by atoms with Gasteiger partial charge >= 0.3 is 0 Å². The number of nitrogens with zero attached hydrogens (tertiary/aromatic N) is 2. The molecule has 2 saturated heterocycles. The topological polar surface area (TPSA) is 94.5 Å². The minimum atomic E-state index is -3.14. The number of anilines is 1. The summed E-state index contributed by atoms with van der Waals surface area (Å²) >= 11 is 1.34. The third kappa shape index (κ3) is 4.56. The number of benzene rings is 2. The number of carbonyl (C=O) groups excluding carboxylic acids is 1. The summed E-state index contributed by atoms with van der Waals surface area (Å²) in [4.78, 5) is 19.1. The van der Waals surface area contributed by atoms with Crippen LogP contribution in [0.5, 0.6) is 17.2 Å². The molecule has 1 amide bonds. The molecule has 4 rings (SSSR count). The number of ether oxygens (including phenoxy) is 3. The first-order valence-electron chi connectivity index (χ1n) is 9.96. The molecule has 10 heteroatoms. The Morgan fingerprint density at radius 3 is 2.56 bits per heavy atom. The highest BCUT2D eigenvalue weighted by Gasteiger charge is 2.49. The predicted molar refractivity (Wildman–Crippen MR) is 125 cm³/mol. The molecular formula is C22H24N2O6S2. The van der Waals surface area contributed by atoms with Gasteiger partial charge in [0.25, 0.3) is 5.91 Å². The van der Waals surface area contributed by atoms with Gasteiger partial charge in [0.15, 0.2) is 26.5 Å². The number of amides is 1. The van der Waals surface area contributed by atoms with Crippen molar-refractivity contribution in [1.82, 2.24) is 0 Å². The van der Waals surface area contributed by atoms with Crippen molar-refractivity contribution in [2.75, 3.05) is 37.7 Å². The second-order valence-electron chi connectivity index (χ2n) is 7.53. The summed E-state index contributed by atoms with van der Waals surface area (Å²) in [5, 5.41) is 0.340. The van der Waals surface area contributed by atoms with E-state index in [0.717, 1.165) is 11.3 Å². The molecule has 0 N–H and O–H groups in total. The van der Waals surface area contributed by atoms with Crippen molar-refractivity contribution >= 4 is 38.4 Å². The van der Waals surface area contributed by atoms with Gasteiger partial charge in [-0.3, -0.25) is 4.79 Å². The summed E-state index contributed by atoms with van der Waals surface area (Å²) in [5.41, 5.74) is 1.50. The fraction of sp³-hybridized carbons (Fsp3) is 0.364. The number of aliphatic imine (C=N–C) groups is 1. The van der Waals surface area contributed by atoms with Gasteiger partial charge in [-0.05, 0) is 29.8 Å². The highest BCUT2D eigenvalue weighted by Crippen LogP contribution is 2.41. The molecule has 0 aliphatic carbocycles. The van der Waals surface area contributed by atoms with E-state index >= 15 is 0 Å². The van der Waals surface area contributed by atoms with Gasteiger partial charge in [-0.1, -0.05) is 23.9 Å². The molecular weight excluding hydrogens is 452 g/mol. The third-order valence-corrected chi connectivity index (χ3v) is 8.63. The molecule has 2 aromatic carbocycles. The Balaban J connectivity index is 1.62. The van der Waals surface area contributed by atoms with Crippen LogP contribution in [0.15, 0.2) is 47.5 Å². The number of carbonyl (C=O) groups is 1. The van der Waals surface area contributed by atoms with Crippen LogP contribution in [0.4, 0.5) is 5.69 Å². The van der Waals surface area contributed by atoms with Gasteiger partial charge in [-0.25, -0.2) is 8.42 Å². The molecule has 0 spiro atoms. The van der Waals surface area contributed by atoms with Gasteiger partial charge in [-0.2, -0.15) is 4.99 Å². The van der Waals surface area contributed by atoms with E-state index in [0.29, 0.717) is 22.4 Å². The molecule has 2 fully saturated rings. The maximum atomic E-state index is 12.8. The van der Waals surface area contributed by atoms with Crippen LogP contribution in [-0.2, 0) is 21.1 Å². The lowest BCUT2D eigenvalue weighted by atomic mass is 10.1. The van der Waals surface area contributed by atoms with Crippen molar-refractivity contribution in [2.45, 2.75) is 17.7 Å². The van der Waals surface area contributed by atoms with Crippen LogP contribution in [0.25, 0.3) is 0 Å². The molecule has 2 atom stereocenters. The molecule has 0 radical (unpaired) electrons. The van der Waals surface area contributed by atoms with E-state index in [4.69, 9.17) is 14.2 Å². The van der Waals surface area contributed by atoms with E-state index in [1.54, 1.807) is 32.4 Å². The zero-order chi connectivity index (χ0) is 22.9. The normalized spacial score (nSPS) is 22.6. The van der Waals surface area contributed by atoms with Gasteiger partial charge < -0.3 is 19.1 Å². The van der Waals surface area contributed by atoms with Crippen molar-refractivity contribution in [3.05, 3.63) is 48.0 Å². The number of rotatable bonds is 6. The second-order valence-corrected chi connectivity index (χ2v) is 10.9. The zero-order valence-corrected chi connectivity index (χ0v) is 19.6. The Kier molecular flexibility index (Phi) is 6.34. The predicted octanol–water partition coefficient (Wildman–Crippen LogP) is 2.56. The van der Waals surface area contributed by atoms with Gasteiger partial charge in [0.1, 0.15) is 5.75 Å². The van der Waals surface area contributed by atoms with Crippen LogP contribution in [0, 0.1) is 0 Å². The van der Waals surface area contributed by atoms with E-state index in [-0.39, 0.29) is 35.1 Å². The highest BCUT2D eigenvalue weighted by molar-refractivity contribution is 8.16. The fourth-order valence-electron chi connectivity index (χ4n) is 3.94. The van der Waals surface area contributed by atoms with Crippen LogP contribution in [0.2, 0.25) is 0 Å². The lowest BCUT2D eigenvalue weighted by molar-refractivity contribution is -0.117. The Bertz CT molecular complexity index is 1160. The average molecular weight is 477 g/mol. The zero-order valence-electron chi connectivity index (χ0n) is 18.0. The minimum absolute atomic E-state index is 0.0325. The SMILES string of the molecule is COc1cccc(N2C(=NC(=O)Cc3ccc(OC)c(OC)c3)S[C@@H]3CS(=O)(=O)C[C@@H]32)c1. The van der Waals surface area contributed by atoms with E-state index in [1.807, 2.05) is 29.2 Å². The van der Waals surface area contributed by atoms with Crippen LogP contribution < -0.4 is 19.1 Å². The smallest absolute Gasteiger partial charge is 0.252 e. The van der Waals surface area contributed by atoms with Gasteiger partial charge in [0, 0.05) is 17.0 Å². The molecule has 0 saturated carbocycles. The maximum Gasteiger partial charge on any atom is 0.252 e. The molecule has 2 aliphatic heterocycles. The number of sulfone groups is 1. The van der Waals surface area contributed by atoms with Crippen LogP contribution in [0.1, 0.15) is 5.56 Å². The van der Waals surface area contributed by atoms with Crippen molar-refractivity contribution in [1.29, 1.82) is 0 Å². The molecule has 0 unspecified atom stereocenters. The van der Waals surface area contributed by atoms with Crippen LogP contribution in [0.3, 0.4) is 0 Å². The van der Waals surface area contributed by atoms with Crippen molar-refractivity contribution < 1.29 is 27.4 Å². The van der Waals surface area contributed by atoms with Crippen molar-refractivity contribution in [3.63, 3.8) is 0 Å². The summed E-state index contributed by atoms with van der Waals surface area (Å²) in [7, 11) is 1.53. The van der Waals surface area contributed by atoms with E-state index in [9.17, 15) is 13.2 Å². The van der Waals surface area contributed by atoms with Crippen LogP contribution >= 0.6 is 11.8 Å². The molecule has 170 valence electrons. The molecule has 0 bridgehead atoms. The minimum Gasteiger partial charge on any atom is -0.497 e. The van der Waals surface area contributed by atoms with Gasteiger partial charge in [-0.15, -0.1) is 0 Å². The Labute approximate surface area is 191 Å². The molecule has 2 heterocycles. The largest absolute Gasteiger partial charge is 0.497 e. The van der Waals surface area contributed by atoms with E-state index in [2.05, 4.69) is 4.99 Å². The first-order chi connectivity index (χ1) is 15.3. The quantitative estimate of drug-likeness (QED) is 0.628. The number of thioether (sulfide) groups is 1. The maximum absolute atomic E-state index is 12.8. The summed E-state index contributed by atoms with van der Waals surface area (Å²) in [5.74, 6) is 1.55. The Morgan fingerprint density at radius 1 is 1.06 bits per heavy atom. The molecule has 8 nitrogen and oxygen atoms in total. The lowest BCUT2D eigenvalue weighted by Gasteiger charge is -2.24. The van der Waals surface area contributed by atoms with Crippen molar-refractivity contribution in [3.8, 4) is 17.2 Å². The van der Waals surface area contributed by atoms with E-state index < -0.39 is 9.84 Å². The molecule has 2 aromatic rings. The number of hydrogen-bond donors (Lipinski definition) is 0. The molecule has 0 aromatic heterocycles. The number of methoxy groups -OCH3 is 3. The van der Waals surface area contributed by atoms with Gasteiger partial charge in [0.05, 0.1) is 45.3 Å². The lowest BCUT2D eigenvalue weighted by Crippen LogP contribution is -2.37. The van der Waals surface area contributed by atoms with Gasteiger partial charge in [0.2, 0.25) is 0 Å². The Morgan fingerprint density at radius 2 is 1.84 bits per heavy atom. The first-order valence-corrected chi connectivity index (χ1v) is 12.7. The van der Waals surface area contributed by atoms with Crippen molar-refractivity contribution in [2.24, 2.45) is 4.99 Å². The first kappa shape index (κ1) is 22.5. The van der Waals surface area contributed by atoms with E-state index in [1.165, 1.54) is 18.9 Å². The average Bonchev–Trinajstić information content (AvgIpc) is 3.23. The summed E-state index contributed by atoms with van der Waals surface area (Å²) in [6.07, 6.45) is 0.0873. The number of amidine groups is 1. The summed E-state index contributed by atoms with van der Waals surface area (Å²) < 4.78 is 40.3.